The van der Waals surface area contributed by atoms with Gasteiger partial charge < -0.3 is 10.4 Å². The lowest BCUT2D eigenvalue weighted by Gasteiger charge is -2.35. The molecule has 5 heteroatoms. The molecule has 20 heavy (non-hydrogen) atoms. The van der Waals surface area contributed by atoms with Crippen LogP contribution in [0.1, 0.15) is 35.8 Å². The highest BCUT2D eigenvalue weighted by Crippen LogP contribution is 2.31. The first-order valence-electron chi connectivity index (χ1n) is 6.96. The highest BCUT2D eigenvalue weighted by atomic mass is 16.4. The molecule has 1 aliphatic heterocycles. The summed E-state index contributed by atoms with van der Waals surface area (Å²) in [5, 5.41) is 18.2. The van der Waals surface area contributed by atoms with Gasteiger partial charge in [0.05, 0.1) is 11.1 Å². The van der Waals surface area contributed by atoms with Crippen LogP contribution in [0.2, 0.25) is 0 Å². The van der Waals surface area contributed by atoms with Crippen LogP contribution >= 0.6 is 0 Å². The summed E-state index contributed by atoms with van der Waals surface area (Å²) in [7, 11) is 0. The predicted octanol–water partition coefficient (Wildman–Crippen LogP) is 2.14. The van der Waals surface area contributed by atoms with Gasteiger partial charge in [-0.15, -0.1) is 0 Å². The Labute approximate surface area is 117 Å². The molecule has 2 aromatic rings. The zero-order valence-corrected chi connectivity index (χ0v) is 11.8. The van der Waals surface area contributed by atoms with E-state index in [9.17, 15) is 9.90 Å². The molecule has 0 aliphatic carbocycles. The molecule has 0 amide bonds. The number of nitrogens with one attached hydrogen (secondary N) is 1. The van der Waals surface area contributed by atoms with Crippen LogP contribution in [0.25, 0.3) is 10.9 Å². The first kappa shape index (κ1) is 13.1. The van der Waals surface area contributed by atoms with Gasteiger partial charge in [-0.3, -0.25) is 4.68 Å². The average molecular weight is 273 g/mol. The standard InChI is InChI=1S/C15H19N3O2/c1-10-11-4-3-5-12(14(19)20)13(11)17-18(10)15(2)6-8-16-9-7-15/h3-5,16H,6-9H2,1-2H3,(H,19,20). The van der Waals surface area contributed by atoms with Crippen molar-refractivity contribution in [3.63, 3.8) is 0 Å². The van der Waals surface area contributed by atoms with Crippen molar-refractivity contribution < 1.29 is 9.90 Å². The number of hydrogen-bond donors (Lipinski definition) is 2. The molecule has 2 heterocycles. The molecule has 0 spiro atoms. The number of carboxylic acids is 1. The maximum atomic E-state index is 11.3. The molecule has 1 fully saturated rings. The number of rotatable bonds is 2. The Morgan fingerprint density at radius 1 is 1.40 bits per heavy atom. The van der Waals surface area contributed by atoms with E-state index in [0.717, 1.165) is 37.0 Å². The molecule has 0 bridgehead atoms. The van der Waals surface area contributed by atoms with Crippen molar-refractivity contribution in [3.05, 3.63) is 29.5 Å². The molecule has 0 unspecified atom stereocenters. The van der Waals surface area contributed by atoms with E-state index in [1.165, 1.54) is 0 Å². The number of piperidine rings is 1. The largest absolute Gasteiger partial charge is 0.478 e. The van der Waals surface area contributed by atoms with Gasteiger partial charge >= 0.3 is 5.97 Å². The zero-order valence-electron chi connectivity index (χ0n) is 11.8. The minimum atomic E-state index is -0.921. The van der Waals surface area contributed by atoms with Crippen LogP contribution in [0.4, 0.5) is 0 Å². The lowest BCUT2D eigenvalue weighted by molar-refractivity contribution is 0.0698. The Morgan fingerprint density at radius 2 is 2.10 bits per heavy atom. The Balaban J connectivity index is 2.20. The molecular formula is C15H19N3O2. The number of hydrogen-bond acceptors (Lipinski definition) is 3. The van der Waals surface area contributed by atoms with E-state index in [2.05, 4.69) is 17.3 Å². The van der Waals surface area contributed by atoms with Crippen molar-refractivity contribution in [2.24, 2.45) is 0 Å². The summed E-state index contributed by atoms with van der Waals surface area (Å²) in [6, 6.07) is 5.35. The molecule has 0 saturated carbocycles. The van der Waals surface area contributed by atoms with Crippen molar-refractivity contribution in [2.75, 3.05) is 13.1 Å². The van der Waals surface area contributed by atoms with E-state index in [-0.39, 0.29) is 11.1 Å². The van der Waals surface area contributed by atoms with Gasteiger partial charge in [0.1, 0.15) is 5.52 Å². The molecule has 1 aromatic carbocycles. The van der Waals surface area contributed by atoms with Crippen molar-refractivity contribution in [2.45, 2.75) is 32.2 Å². The van der Waals surface area contributed by atoms with Gasteiger partial charge in [-0.05, 0) is 45.8 Å². The third-order valence-corrected chi connectivity index (χ3v) is 4.37. The molecule has 2 N–H and O–H groups in total. The molecular weight excluding hydrogens is 254 g/mol. The maximum Gasteiger partial charge on any atom is 0.337 e. The Bertz CT molecular complexity index is 669. The number of aromatic nitrogens is 2. The van der Waals surface area contributed by atoms with Gasteiger partial charge in [-0.25, -0.2) is 4.79 Å². The summed E-state index contributed by atoms with van der Waals surface area (Å²) in [4.78, 5) is 11.3. The average Bonchev–Trinajstić information content (AvgIpc) is 2.78. The maximum absolute atomic E-state index is 11.3. The van der Waals surface area contributed by atoms with Crippen LogP contribution < -0.4 is 5.32 Å². The van der Waals surface area contributed by atoms with Crippen LogP contribution in [-0.2, 0) is 5.54 Å². The monoisotopic (exact) mass is 273 g/mol. The van der Waals surface area contributed by atoms with Gasteiger partial charge in [0.15, 0.2) is 0 Å². The quantitative estimate of drug-likeness (QED) is 0.879. The Kier molecular flexibility index (Phi) is 3.01. The predicted molar refractivity (Wildman–Crippen MR) is 77.2 cm³/mol. The number of aryl methyl sites for hydroxylation is 1. The van der Waals surface area contributed by atoms with E-state index in [1.54, 1.807) is 12.1 Å². The molecule has 1 saturated heterocycles. The lowest BCUT2D eigenvalue weighted by Crippen LogP contribution is -2.42. The van der Waals surface area contributed by atoms with Crippen molar-refractivity contribution in [3.8, 4) is 0 Å². The second-order valence-electron chi connectivity index (χ2n) is 5.75. The number of carboxylic acid groups (broad SMARTS) is 1. The van der Waals surface area contributed by atoms with Crippen LogP contribution in [0.3, 0.4) is 0 Å². The molecule has 0 atom stereocenters. The highest BCUT2D eigenvalue weighted by Gasteiger charge is 2.31. The van der Waals surface area contributed by atoms with E-state index in [0.29, 0.717) is 5.52 Å². The summed E-state index contributed by atoms with van der Waals surface area (Å²) in [6.07, 6.45) is 2.01. The highest BCUT2D eigenvalue weighted by molar-refractivity contribution is 6.02. The third-order valence-electron chi connectivity index (χ3n) is 4.37. The number of nitrogens with zero attached hydrogens (tertiary/aromatic N) is 2. The fourth-order valence-corrected chi connectivity index (χ4v) is 3.11. The smallest absolute Gasteiger partial charge is 0.337 e. The lowest BCUT2D eigenvalue weighted by atomic mass is 9.90. The summed E-state index contributed by atoms with van der Waals surface area (Å²) >= 11 is 0. The molecule has 1 aliphatic rings. The van der Waals surface area contributed by atoms with Gasteiger partial charge in [-0.1, -0.05) is 12.1 Å². The van der Waals surface area contributed by atoms with Crippen molar-refractivity contribution >= 4 is 16.9 Å². The first-order valence-corrected chi connectivity index (χ1v) is 6.96. The minimum Gasteiger partial charge on any atom is -0.478 e. The molecule has 0 radical (unpaired) electrons. The van der Waals surface area contributed by atoms with E-state index in [4.69, 9.17) is 0 Å². The fraction of sp³-hybridized carbons (Fsp3) is 0.467. The van der Waals surface area contributed by atoms with Gasteiger partial charge in [-0.2, -0.15) is 5.10 Å². The van der Waals surface area contributed by atoms with Crippen molar-refractivity contribution in [1.29, 1.82) is 0 Å². The summed E-state index contributed by atoms with van der Waals surface area (Å²) in [5.74, 6) is -0.921. The molecule has 106 valence electrons. The van der Waals surface area contributed by atoms with Crippen LogP contribution in [0.5, 0.6) is 0 Å². The number of carbonyl (C=O) groups is 1. The first-order chi connectivity index (χ1) is 9.53. The van der Waals surface area contributed by atoms with Crippen molar-refractivity contribution in [1.82, 2.24) is 15.1 Å². The normalized spacial score (nSPS) is 18.3. The van der Waals surface area contributed by atoms with Crippen LogP contribution in [0, 0.1) is 6.92 Å². The SMILES string of the molecule is Cc1c2cccc(C(=O)O)c2nn1C1(C)CCNCC1. The van der Waals surface area contributed by atoms with Crippen LogP contribution in [-0.4, -0.2) is 33.9 Å². The van der Waals surface area contributed by atoms with Gasteiger partial charge in [0, 0.05) is 11.1 Å². The second-order valence-corrected chi connectivity index (χ2v) is 5.75. The van der Waals surface area contributed by atoms with E-state index >= 15 is 0 Å². The Morgan fingerprint density at radius 3 is 2.75 bits per heavy atom. The summed E-state index contributed by atoms with van der Waals surface area (Å²) in [5.41, 5.74) is 1.89. The summed E-state index contributed by atoms with van der Waals surface area (Å²) in [6.45, 7) is 6.16. The Hall–Kier alpha value is -1.88. The number of benzene rings is 1. The third kappa shape index (κ3) is 1.89. The number of aromatic carboxylic acids is 1. The summed E-state index contributed by atoms with van der Waals surface area (Å²) < 4.78 is 2.03. The zero-order chi connectivity index (χ0) is 14.3. The molecule has 1 aromatic heterocycles. The number of fused-ring (bicyclic) bond motifs is 1. The minimum absolute atomic E-state index is 0.0376. The molecule has 3 rings (SSSR count). The van der Waals surface area contributed by atoms with Crippen LogP contribution in [0.15, 0.2) is 18.2 Å². The van der Waals surface area contributed by atoms with Gasteiger partial charge in [0.2, 0.25) is 0 Å². The van der Waals surface area contributed by atoms with Gasteiger partial charge in [0.25, 0.3) is 0 Å². The fourth-order valence-electron chi connectivity index (χ4n) is 3.11. The molecule has 5 nitrogen and oxygen atoms in total. The second kappa shape index (κ2) is 4.59. The van der Waals surface area contributed by atoms with E-state index in [1.807, 2.05) is 17.7 Å². The topological polar surface area (TPSA) is 67.1 Å². The van der Waals surface area contributed by atoms with E-state index < -0.39 is 5.97 Å².